The second-order valence-corrected chi connectivity index (χ2v) is 4.66. The normalized spacial score (nSPS) is 12.9. The molecule has 0 bridgehead atoms. The molecule has 0 saturated heterocycles. The lowest BCUT2D eigenvalue weighted by Gasteiger charge is -2.08. The van der Waals surface area contributed by atoms with Crippen molar-refractivity contribution in [1.82, 2.24) is 5.32 Å². The van der Waals surface area contributed by atoms with Crippen LogP contribution in [0, 0.1) is 6.92 Å². The minimum absolute atomic E-state index is 0.291. The van der Waals surface area contributed by atoms with Crippen LogP contribution < -0.4 is 11.1 Å². The summed E-state index contributed by atoms with van der Waals surface area (Å²) < 4.78 is 53.5. The fraction of sp³-hybridized carbons (Fsp3) is 0.267. The maximum absolute atomic E-state index is 13.6. The largest absolute Gasteiger partial charge is 0.468 e. The van der Waals surface area contributed by atoms with Gasteiger partial charge in [0.25, 0.3) is 0 Å². The molecule has 3 N–H and O–H groups in total. The highest BCUT2D eigenvalue weighted by atomic mass is 19.4. The molecule has 0 saturated carbocycles. The highest BCUT2D eigenvalue weighted by Crippen LogP contribution is 2.16. The number of benzene rings is 1. The number of hydrogen-bond acceptors (Lipinski definition) is 4. The quantitative estimate of drug-likeness (QED) is 0.458. The Hall–Kier alpha value is -2.51. The number of allylic oxidation sites excluding steroid dienone is 1. The monoisotopic (exact) mass is 331 g/mol. The van der Waals surface area contributed by atoms with Crippen molar-refractivity contribution in [3.63, 3.8) is 0 Å². The zero-order valence-electron chi connectivity index (χ0n) is 12.5. The van der Waals surface area contributed by atoms with E-state index < -0.39 is 24.5 Å². The highest BCUT2D eigenvalue weighted by molar-refractivity contribution is 5.77. The first kappa shape index (κ1) is 18.5. The minimum atomic E-state index is -4.51. The molecule has 0 spiro atoms. The van der Waals surface area contributed by atoms with Crippen molar-refractivity contribution in [1.29, 1.82) is 0 Å². The molecule has 0 aliphatic carbocycles. The van der Waals surface area contributed by atoms with Gasteiger partial charge in [-0.05, 0) is 19.1 Å². The van der Waals surface area contributed by atoms with Crippen LogP contribution in [0.5, 0.6) is 0 Å². The number of aliphatic imine (C=N–C) groups is 1. The Morgan fingerprint density at radius 3 is 2.52 bits per heavy atom. The maximum Gasteiger partial charge on any atom is 0.422 e. The first-order valence-electron chi connectivity index (χ1n) is 6.54. The van der Waals surface area contributed by atoms with Crippen LogP contribution in [0.25, 0.3) is 0 Å². The van der Waals surface area contributed by atoms with E-state index >= 15 is 0 Å². The Kier molecular flexibility index (Phi) is 6.62. The van der Waals surface area contributed by atoms with E-state index in [1.54, 1.807) is 0 Å². The minimum Gasteiger partial charge on any atom is -0.468 e. The van der Waals surface area contributed by atoms with Gasteiger partial charge in [-0.2, -0.15) is 13.2 Å². The van der Waals surface area contributed by atoms with Gasteiger partial charge in [-0.25, -0.2) is 9.38 Å². The molecule has 0 aliphatic rings. The lowest BCUT2D eigenvalue weighted by Crippen LogP contribution is -2.21. The van der Waals surface area contributed by atoms with Gasteiger partial charge in [0, 0.05) is 6.54 Å². The first-order valence-corrected chi connectivity index (χ1v) is 6.54. The first-order chi connectivity index (χ1) is 10.7. The molecule has 0 aromatic heterocycles. The van der Waals surface area contributed by atoms with Crippen LogP contribution in [0.4, 0.5) is 17.6 Å². The van der Waals surface area contributed by atoms with E-state index in [-0.39, 0.29) is 5.82 Å². The number of hydrogen-bond donors (Lipinski definition) is 2. The topological polar surface area (TPSA) is 59.6 Å². The van der Waals surface area contributed by atoms with Gasteiger partial charge in [0.1, 0.15) is 5.82 Å². The molecule has 126 valence electrons. The van der Waals surface area contributed by atoms with Gasteiger partial charge in [-0.1, -0.05) is 29.8 Å². The van der Waals surface area contributed by atoms with Crippen LogP contribution in [0.3, 0.4) is 0 Å². The Balaban J connectivity index is 2.51. The molecule has 23 heavy (non-hydrogen) atoms. The van der Waals surface area contributed by atoms with Crippen LogP contribution in [0.2, 0.25) is 0 Å². The van der Waals surface area contributed by atoms with Crippen molar-refractivity contribution < 1.29 is 22.3 Å². The van der Waals surface area contributed by atoms with Gasteiger partial charge in [0.05, 0.1) is 6.21 Å². The summed E-state index contributed by atoms with van der Waals surface area (Å²) in [6, 6.07) is 7.51. The molecular weight excluding hydrogens is 314 g/mol. The number of nitrogens with zero attached hydrogens (tertiary/aromatic N) is 1. The molecule has 1 aromatic carbocycles. The Morgan fingerprint density at radius 1 is 1.35 bits per heavy atom. The van der Waals surface area contributed by atoms with Gasteiger partial charge in [-0.3, -0.25) is 0 Å². The standard InChI is InChI=1S/C15H17F4N3O/c1-10-3-5-12(6-4-10)7-22-14(20)13(16)8-21-11(2)23-9-15(17,18)19/h3-6,8,22H,2,7,9,20H2,1H3/b14-13-,21-8-. The number of rotatable bonds is 7. The SMILES string of the molecule is C=C(/N=C\C(F)=C(/N)NCc1ccc(C)cc1)OCC(F)(F)F. The van der Waals surface area contributed by atoms with Gasteiger partial charge in [0.15, 0.2) is 12.4 Å². The zero-order chi connectivity index (χ0) is 17.5. The second kappa shape index (κ2) is 8.21. The van der Waals surface area contributed by atoms with E-state index in [0.29, 0.717) is 12.8 Å². The summed E-state index contributed by atoms with van der Waals surface area (Å²) in [5, 5.41) is 2.64. The molecule has 0 atom stereocenters. The summed E-state index contributed by atoms with van der Waals surface area (Å²) in [5.41, 5.74) is 7.46. The molecule has 1 rings (SSSR count). The summed E-state index contributed by atoms with van der Waals surface area (Å²) in [5.74, 6) is -1.80. The summed E-state index contributed by atoms with van der Waals surface area (Å²) in [7, 11) is 0. The molecule has 0 fully saturated rings. The van der Waals surface area contributed by atoms with Crippen molar-refractivity contribution >= 4 is 6.21 Å². The Labute approximate surface area is 131 Å². The second-order valence-electron chi connectivity index (χ2n) is 4.66. The highest BCUT2D eigenvalue weighted by Gasteiger charge is 2.28. The lowest BCUT2D eigenvalue weighted by atomic mass is 10.1. The average Bonchev–Trinajstić information content (AvgIpc) is 2.49. The van der Waals surface area contributed by atoms with E-state index in [4.69, 9.17) is 5.73 Å². The van der Waals surface area contributed by atoms with Crippen LogP contribution in [0.15, 0.2) is 53.4 Å². The Morgan fingerprint density at radius 2 is 1.96 bits per heavy atom. The molecule has 0 amide bonds. The van der Waals surface area contributed by atoms with E-state index in [2.05, 4.69) is 21.6 Å². The number of nitrogens with one attached hydrogen (secondary N) is 1. The van der Waals surface area contributed by atoms with Crippen molar-refractivity contribution in [2.75, 3.05) is 6.61 Å². The van der Waals surface area contributed by atoms with E-state index in [1.165, 1.54) is 0 Å². The summed E-state index contributed by atoms with van der Waals surface area (Å²) in [6.07, 6.45) is -3.88. The van der Waals surface area contributed by atoms with Gasteiger partial charge < -0.3 is 15.8 Å². The fourth-order valence-corrected chi connectivity index (χ4v) is 1.39. The maximum atomic E-state index is 13.6. The number of halogens is 4. The zero-order valence-corrected chi connectivity index (χ0v) is 12.5. The number of aryl methyl sites for hydroxylation is 1. The third-order valence-corrected chi connectivity index (χ3v) is 2.59. The van der Waals surface area contributed by atoms with Crippen molar-refractivity contribution in [2.24, 2.45) is 10.7 Å². The number of alkyl halides is 3. The van der Waals surface area contributed by atoms with E-state index in [9.17, 15) is 17.6 Å². The van der Waals surface area contributed by atoms with Crippen LogP contribution >= 0.6 is 0 Å². The molecule has 0 radical (unpaired) electrons. The van der Waals surface area contributed by atoms with Crippen molar-refractivity contribution in [2.45, 2.75) is 19.6 Å². The van der Waals surface area contributed by atoms with E-state index in [0.717, 1.165) is 11.1 Å². The molecule has 8 heteroatoms. The number of nitrogens with two attached hydrogens (primary N) is 1. The summed E-state index contributed by atoms with van der Waals surface area (Å²) in [4.78, 5) is 3.32. The third-order valence-electron chi connectivity index (χ3n) is 2.59. The number of ether oxygens (including phenoxy) is 1. The molecular formula is C15H17F4N3O. The summed E-state index contributed by atoms with van der Waals surface area (Å²) >= 11 is 0. The van der Waals surface area contributed by atoms with Gasteiger partial charge in [-0.15, -0.1) is 0 Å². The molecule has 4 nitrogen and oxygen atoms in total. The Bertz CT molecular complexity index is 592. The molecule has 0 heterocycles. The molecule has 0 aliphatic heterocycles. The van der Waals surface area contributed by atoms with Crippen LogP contribution in [0.1, 0.15) is 11.1 Å². The molecule has 1 aromatic rings. The van der Waals surface area contributed by atoms with E-state index in [1.807, 2.05) is 31.2 Å². The fourth-order valence-electron chi connectivity index (χ4n) is 1.39. The van der Waals surface area contributed by atoms with Gasteiger partial charge in [0.2, 0.25) is 5.88 Å². The van der Waals surface area contributed by atoms with Crippen LogP contribution in [-0.2, 0) is 11.3 Å². The molecule has 0 unspecified atom stereocenters. The van der Waals surface area contributed by atoms with Crippen molar-refractivity contribution in [3.8, 4) is 0 Å². The van der Waals surface area contributed by atoms with Crippen molar-refractivity contribution in [3.05, 3.63) is 59.5 Å². The smallest absolute Gasteiger partial charge is 0.422 e. The third kappa shape index (κ3) is 7.89. The lowest BCUT2D eigenvalue weighted by molar-refractivity contribution is -0.164. The predicted molar refractivity (Wildman–Crippen MR) is 80.0 cm³/mol. The predicted octanol–water partition coefficient (Wildman–Crippen LogP) is 3.30. The average molecular weight is 331 g/mol. The van der Waals surface area contributed by atoms with Crippen LogP contribution in [-0.4, -0.2) is 19.0 Å². The van der Waals surface area contributed by atoms with Gasteiger partial charge >= 0.3 is 6.18 Å². The summed E-state index contributed by atoms with van der Waals surface area (Å²) in [6.45, 7) is 3.80.